The zero-order chi connectivity index (χ0) is 36.4. The SMILES string of the molecule is O=c1[nH]c(-c2ccc(-c3cccc(CCS(=O)(=O)N4CCCc5c4nc(-c4ccccn4)[nH]c5=O)c3)cn2)nc2c1CCCN2CCc1ccccc1. The van der Waals surface area contributed by atoms with E-state index in [1.54, 1.807) is 30.6 Å². The molecule has 0 atom stereocenters. The molecule has 4 aromatic heterocycles. The van der Waals surface area contributed by atoms with E-state index in [0.29, 0.717) is 47.6 Å². The van der Waals surface area contributed by atoms with Crippen molar-refractivity contribution < 1.29 is 8.42 Å². The predicted octanol–water partition coefficient (Wildman–Crippen LogP) is 4.96. The van der Waals surface area contributed by atoms with Gasteiger partial charge in [-0.3, -0.25) is 23.9 Å². The number of anilines is 2. The van der Waals surface area contributed by atoms with Gasteiger partial charge in [0.2, 0.25) is 10.0 Å². The number of aromatic amines is 2. The highest BCUT2D eigenvalue weighted by atomic mass is 32.2. The van der Waals surface area contributed by atoms with Crippen LogP contribution >= 0.6 is 0 Å². The summed E-state index contributed by atoms with van der Waals surface area (Å²) in [5.74, 6) is 1.41. The van der Waals surface area contributed by atoms with Crippen molar-refractivity contribution in [2.45, 2.75) is 38.5 Å². The van der Waals surface area contributed by atoms with Crippen molar-refractivity contribution in [1.29, 1.82) is 0 Å². The summed E-state index contributed by atoms with van der Waals surface area (Å²) in [6.07, 6.45) is 7.04. The Bertz CT molecular complexity index is 2490. The van der Waals surface area contributed by atoms with E-state index in [2.05, 4.69) is 42.0 Å². The third-order valence-corrected chi connectivity index (χ3v) is 11.6. The van der Waals surface area contributed by atoms with Gasteiger partial charge in [0.1, 0.15) is 17.2 Å². The van der Waals surface area contributed by atoms with Gasteiger partial charge in [0.25, 0.3) is 11.1 Å². The molecule has 0 aliphatic carbocycles. The first-order chi connectivity index (χ1) is 25.8. The van der Waals surface area contributed by atoms with Gasteiger partial charge in [-0.1, -0.05) is 66.7 Å². The predicted molar refractivity (Wildman–Crippen MR) is 205 cm³/mol. The summed E-state index contributed by atoms with van der Waals surface area (Å²) < 4.78 is 28.8. The maximum Gasteiger partial charge on any atom is 0.256 e. The van der Waals surface area contributed by atoms with Crippen molar-refractivity contribution in [1.82, 2.24) is 29.9 Å². The monoisotopic (exact) mass is 726 g/mol. The van der Waals surface area contributed by atoms with Crippen LogP contribution in [0.25, 0.3) is 34.2 Å². The van der Waals surface area contributed by atoms with Gasteiger partial charge in [-0.2, -0.15) is 0 Å². The number of aromatic nitrogens is 6. The Kier molecular flexibility index (Phi) is 9.40. The van der Waals surface area contributed by atoms with Gasteiger partial charge >= 0.3 is 0 Å². The van der Waals surface area contributed by atoms with Gasteiger partial charge in [-0.15, -0.1) is 0 Å². The van der Waals surface area contributed by atoms with Crippen LogP contribution in [0.4, 0.5) is 11.6 Å². The Morgan fingerprint density at radius 1 is 0.660 bits per heavy atom. The number of rotatable bonds is 10. The highest BCUT2D eigenvalue weighted by Gasteiger charge is 2.31. The molecule has 0 amide bonds. The highest BCUT2D eigenvalue weighted by molar-refractivity contribution is 7.92. The lowest BCUT2D eigenvalue weighted by Gasteiger charge is -2.29. The van der Waals surface area contributed by atoms with Crippen LogP contribution in [-0.2, 0) is 35.7 Å². The maximum atomic E-state index is 13.8. The molecule has 268 valence electrons. The fraction of sp³-hybridized carbons (Fsp3) is 0.250. The molecule has 6 aromatic rings. The second kappa shape index (κ2) is 14.6. The molecule has 2 aromatic carbocycles. The molecule has 13 heteroatoms. The number of aryl methyl sites for hydroxylation is 1. The minimum Gasteiger partial charge on any atom is -0.356 e. The standard InChI is InChI=1S/C40H38N8O4S/c49-39-31-13-7-21-47(23-18-27-9-2-1-3-10-27)37(31)43-36(46-39)34-17-16-30(26-42-34)29-12-6-11-28(25-29)19-24-53(51,52)48-22-8-14-32-38(48)44-35(45-40(32)50)33-15-4-5-20-41-33/h1-6,9-12,15-17,20,25-26H,7-8,13-14,18-19,21-24H2,(H,43,46,49)(H,44,45,50). The Balaban J connectivity index is 0.980. The number of pyridine rings is 2. The number of nitrogens with one attached hydrogen (secondary N) is 2. The second-order valence-electron chi connectivity index (χ2n) is 13.3. The number of hydrogen-bond donors (Lipinski definition) is 2. The molecule has 0 radical (unpaired) electrons. The first kappa shape index (κ1) is 34.2. The molecular weight excluding hydrogens is 689 g/mol. The molecular formula is C40H38N8O4S. The lowest BCUT2D eigenvalue weighted by molar-refractivity contribution is 0.584. The van der Waals surface area contributed by atoms with Crippen molar-refractivity contribution in [3.8, 4) is 34.2 Å². The van der Waals surface area contributed by atoms with Gasteiger partial charge in [0.05, 0.1) is 16.9 Å². The summed E-state index contributed by atoms with van der Waals surface area (Å²) in [4.78, 5) is 52.5. The Morgan fingerprint density at radius 3 is 2.09 bits per heavy atom. The minimum absolute atomic E-state index is 0.132. The lowest BCUT2D eigenvalue weighted by atomic mass is 10.0. The van der Waals surface area contributed by atoms with Gasteiger partial charge in [-0.05, 0) is 73.4 Å². The largest absolute Gasteiger partial charge is 0.356 e. The number of fused-ring (bicyclic) bond motifs is 2. The molecule has 6 heterocycles. The molecule has 0 saturated heterocycles. The molecule has 0 saturated carbocycles. The van der Waals surface area contributed by atoms with E-state index in [1.165, 1.54) is 9.87 Å². The summed E-state index contributed by atoms with van der Waals surface area (Å²) in [7, 11) is -3.81. The zero-order valence-corrected chi connectivity index (χ0v) is 29.8. The summed E-state index contributed by atoms with van der Waals surface area (Å²) in [5, 5.41) is 0. The van der Waals surface area contributed by atoms with Gasteiger partial charge < -0.3 is 14.9 Å². The first-order valence-electron chi connectivity index (χ1n) is 17.9. The Labute approximate surface area is 306 Å². The highest BCUT2D eigenvalue weighted by Crippen LogP contribution is 2.29. The van der Waals surface area contributed by atoms with Crippen molar-refractivity contribution in [3.63, 3.8) is 0 Å². The maximum absolute atomic E-state index is 13.8. The topological polar surface area (TPSA) is 158 Å². The third kappa shape index (κ3) is 7.25. The van der Waals surface area contributed by atoms with E-state index in [9.17, 15) is 18.0 Å². The molecule has 0 bridgehead atoms. The second-order valence-corrected chi connectivity index (χ2v) is 15.4. The minimum atomic E-state index is -3.81. The summed E-state index contributed by atoms with van der Waals surface area (Å²) >= 11 is 0. The number of hydrogen-bond acceptors (Lipinski definition) is 9. The van der Waals surface area contributed by atoms with Gasteiger partial charge in [0, 0.05) is 37.6 Å². The number of sulfonamides is 1. The van der Waals surface area contributed by atoms with Crippen molar-refractivity contribution in [2.24, 2.45) is 0 Å². The fourth-order valence-electron chi connectivity index (χ4n) is 7.06. The van der Waals surface area contributed by atoms with Crippen LogP contribution in [0.1, 0.15) is 35.1 Å². The van der Waals surface area contributed by atoms with Crippen LogP contribution < -0.4 is 20.3 Å². The number of benzene rings is 2. The summed E-state index contributed by atoms with van der Waals surface area (Å²) in [6, 6.07) is 27.0. The molecule has 0 fully saturated rings. The molecule has 0 spiro atoms. The van der Waals surface area contributed by atoms with Crippen molar-refractivity contribution in [3.05, 3.63) is 140 Å². The van der Waals surface area contributed by atoms with E-state index >= 15 is 0 Å². The normalized spacial score (nSPS) is 14.1. The fourth-order valence-corrected chi connectivity index (χ4v) is 8.59. The molecule has 53 heavy (non-hydrogen) atoms. The van der Waals surface area contributed by atoms with E-state index < -0.39 is 10.0 Å². The van der Waals surface area contributed by atoms with Crippen LogP contribution in [0, 0.1) is 0 Å². The van der Waals surface area contributed by atoms with Crippen LogP contribution in [0.2, 0.25) is 0 Å². The van der Waals surface area contributed by atoms with E-state index in [4.69, 9.17) is 4.98 Å². The molecule has 2 N–H and O–H groups in total. The van der Waals surface area contributed by atoms with Crippen LogP contribution in [0.3, 0.4) is 0 Å². The third-order valence-electron chi connectivity index (χ3n) is 9.84. The molecule has 0 unspecified atom stereocenters. The first-order valence-corrected chi connectivity index (χ1v) is 19.5. The molecule has 2 aliphatic heterocycles. The van der Waals surface area contributed by atoms with E-state index in [1.807, 2.05) is 54.6 Å². The summed E-state index contributed by atoms with van der Waals surface area (Å²) in [5.41, 5.74) is 5.44. The van der Waals surface area contributed by atoms with Crippen LogP contribution in [0.15, 0.2) is 107 Å². The average Bonchev–Trinajstić information content (AvgIpc) is 3.20. The van der Waals surface area contributed by atoms with E-state index in [0.717, 1.165) is 48.4 Å². The smallest absolute Gasteiger partial charge is 0.256 e. The van der Waals surface area contributed by atoms with Gasteiger partial charge in [0.15, 0.2) is 17.5 Å². The number of nitrogens with zero attached hydrogens (tertiary/aromatic N) is 6. The molecule has 2 aliphatic rings. The quantitative estimate of drug-likeness (QED) is 0.199. The number of H-pyrrole nitrogens is 2. The lowest BCUT2D eigenvalue weighted by Crippen LogP contribution is -2.40. The van der Waals surface area contributed by atoms with Crippen molar-refractivity contribution in [2.75, 3.05) is 34.6 Å². The molecule has 8 rings (SSSR count). The zero-order valence-electron chi connectivity index (χ0n) is 29.0. The summed E-state index contributed by atoms with van der Waals surface area (Å²) in [6.45, 7) is 1.86. The van der Waals surface area contributed by atoms with E-state index in [-0.39, 0.29) is 41.5 Å². The van der Waals surface area contributed by atoms with Crippen LogP contribution in [-0.4, -0.2) is 63.7 Å². The van der Waals surface area contributed by atoms with Crippen LogP contribution in [0.5, 0.6) is 0 Å². The molecule has 12 nitrogen and oxygen atoms in total. The average molecular weight is 727 g/mol. The Morgan fingerprint density at radius 2 is 1.36 bits per heavy atom. The van der Waals surface area contributed by atoms with Crippen molar-refractivity contribution >= 4 is 21.7 Å². The van der Waals surface area contributed by atoms with Gasteiger partial charge in [-0.25, -0.2) is 18.4 Å². The Hall–Kier alpha value is -5.95.